The molecule has 15 heavy (non-hydrogen) atoms. The van der Waals surface area contributed by atoms with E-state index in [9.17, 15) is 0 Å². The van der Waals surface area contributed by atoms with Crippen LogP contribution < -0.4 is 5.73 Å². The first-order valence-corrected chi connectivity index (χ1v) is 5.14. The van der Waals surface area contributed by atoms with Crippen LogP contribution in [0.4, 0.5) is 0 Å². The maximum atomic E-state index is 7.50. The van der Waals surface area contributed by atoms with Crippen molar-refractivity contribution in [3.63, 3.8) is 0 Å². The second kappa shape index (κ2) is 4.02. The predicted molar refractivity (Wildman–Crippen MR) is 57.0 cm³/mol. The zero-order valence-electron chi connectivity index (χ0n) is 8.86. The molecule has 1 fully saturated rings. The SMILES string of the molecule is Cn1cc(C(=N)N)c(C2CCOCC2)n1. The molecule has 82 valence electrons. The molecule has 0 aromatic carbocycles. The molecule has 5 heteroatoms. The second-order valence-corrected chi connectivity index (χ2v) is 3.90. The van der Waals surface area contributed by atoms with E-state index in [2.05, 4.69) is 5.10 Å². The highest BCUT2D eigenvalue weighted by Gasteiger charge is 2.22. The van der Waals surface area contributed by atoms with Crippen molar-refractivity contribution >= 4 is 5.84 Å². The Bertz CT molecular complexity index is 365. The summed E-state index contributed by atoms with van der Waals surface area (Å²) in [5.41, 5.74) is 7.25. The molecule has 1 aliphatic rings. The minimum absolute atomic E-state index is 0.101. The Balaban J connectivity index is 2.28. The molecule has 0 unspecified atom stereocenters. The molecule has 1 aromatic heterocycles. The van der Waals surface area contributed by atoms with E-state index in [1.54, 1.807) is 4.68 Å². The van der Waals surface area contributed by atoms with E-state index in [1.807, 2.05) is 13.2 Å². The second-order valence-electron chi connectivity index (χ2n) is 3.90. The van der Waals surface area contributed by atoms with Gasteiger partial charge in [0.15, 0.2) is 0 Å². The van der Waals surface area contributed by atoms with Crippen molar-refractivity contribution in [3.8, 4) is 0 Å². The highest BCUT2D eigenvalue weighted by atomic mass is 16.5. The molecule has 2 heterocycles. The molecule has 0 bridgehead atoms. The van der Waals surface area contributed by atoms with Gasteiger partial charge in [0, 0.05) is 32.4 Å². The number of aryl methyl sites for hydroxylation is 1. The molecule has 0 saturated carbocycles. The van der Waals surface area contributed by atoms with Gasteiger partial charge in [-0.1, -0.05) is 0 Å². The Hall–Kier alpha value is -1.36. The van der Waals surface area contributed by atoms with Crippen LogP contribution in [0.25, 0.3) is 0 Å². The van der Waals surface area contributed by atoms with E-state index in [0.717, 1.165) is 37.3 Å². The molecule has 5 nitrogen and oxygen atoms in total. The fourth-order valence-corrected chi connectivity index (χ4v) is 1.99. The summed E-state index contributed by atoms with van der Waals surface area (Å²) in [6.07, 6.45) is 3.75. The Labute approximate surface area is 88.7 Å². The number of hydrogen-bond acceptors (Lipinski definition) is 3. The van der Waals surface area contributed by atoms with Crippen LogP contribution in [0.1, 0.15) is 30.0 Å². The number of ether oxygens (including phenoxy) is 1. The maximum Gasteiger partial charge on any atom is 0.126 e. The summed E-state index contributed by atoms with van der Waals surface area (Å²) in [4.78, 5) is 0. The van der Waals surface area contributed by atoms with E-state index < -0.39 is 0 Å². The number of aromatic nitrogens is 2. The van der Waals surface area contributed by atoms with Crippen molar-refractivity contribution in [2.24, 2.45) is 12.8 Å². The molecule has 0 spiro atoms. The topological polar surface area (TPSA) is 76.9 Å². The molecule has 1 aliphatic heterocycles. The first-order valence-electron chi connectivity index (χ1n) is 5.14. The summed E-state index contributed by atoms with van der Waals surface area (Å²) in [7, 11) is 1.86. The number of hydrogen-bond donors (Lipinski definition) is 2. The van der Waals surface area contributed by atoms with E-state index in [0.29, 0.717) is 5.92 Å². The van der Waals surface area contributed by atoms with Crippen molar-refractivity contribution in [2.75, 3.05) is 13.2 Å². The summed E-state index contributed by atoms with van der Waals surface area (Å²) >= 11 is 0. The zero-order valence-corrected chi connectivity index (χ0v) is 8.86. The lowest BCUT2D eigenvalue weighted by atomic mass is 9.94. The molecule has 1 saturated heterocycles. The third-order valence-corrected chi connectivity index (χ3v) is 2.76. The minimum atomic E-state index is 0.101. The van der Waals surface area contributed by atoms with Gasteiger partial charge in [0.2, 0.25) is 0 Å². The van der Waals surface area contributed by atoms with Gasteiger partial charge in [0.05, 0.1) is 11.3 Å². The van der Waals surface area contributed by atoms with Crippen LogP contribution in [-0.2, 0) is 11.8 Å². The van der Waals surface area contributed by atoms with Gasteiger partial charge < -0.3 is 10.5 Å². The molecule has 0 radical (unpaired) electrons. The fraction of sp³-hybridized carbons (Fsp3) is 0.600. The Morgan fingerprint density at radius 1 is 1.60 bits per heavy atom. The summed E-state index contributed by atoms with van der Waals surface area (Å²) in [6.45, 7) is 1.55. The van der Waals surface area contributed by atoms with E-state index >= 15 is 0 Å². The van der Waals surface area contributed by atoms with Crippen molar-refractivity contribution in [2.45, 2.75) is 18.8 Å². The van der Waals surface area contributed by atoms with Crippen LogP contribution in [0.2, 0.25) is 0 Å². The van der Waals surface area contributed by atoms with E-state index in [4.69, 9.17) is 15.9 Å². The molecular formula is C10H16N4O. The summed E-state index contributed by atoms with van der Waals surface area (Å²) in [5, 5.41) is 11.9. The smallest absolute Gasteiger partial charge is 0.126 e. The Kier molecular flexibility index (Phi) is 2.73. The number of nitrogens with two attached hydrogens (primary N) is 1. The summed E-state index contributed by atoms with van der Waals surface area (Å²) in [6, 6.07) is 0. The normalized spacial score (nSPS) is 17.9. The van der Waals surface area contributed by atoms with Crippen molar-refractivity contribution in [1.29, 1.82) is 5.41 Å². The highest BCUT2D eigenvalue weighted by Crippen LogP contribution is 2.27. The number of amidine groups is 1. The molecule has 3 N–H and O–H groups in total. The third-order valence-electron chi connectivity index (χ3n) is 2.76. The number of rotatable bonds is 2. The third kappa shape index (κ3) is 2.02. The highest BCUT2D eigenvalue weighted by molar-refractivity contribution is 5.96. The van der Waals surface area contributed by atoms with Crippen molar-refractivity contribution in [3.05, 3.63) is 17.5 Å². The monoisotopic (exact) mass is 208 g/mol. The molecule has 0 aliphatic carbocycles. The van der Waals surface area contributed by atoms with Crippen LogP contribution in [0, 0.1) is 5.41 Å². The molecule has 0 amide bonds. The first-order chi connectivity index (χ1) is 7.18. The molecule has 1 aromatic rings. The Morgan fingerprint density at radius 3 is 2.87 bits per heavy atom. The molecular weight excluding hydrogens is 192 g/mol. The molecule has 2 rings (SSSR count). The van der Waals surface area contributed by atoms with E-state index in [-0.39, 0.29) is 5.84 Å². The van der Waals surface area contributed by atoms with Gasteiger partial charge in [0.1, 0.15) is 5.84 Å². The predicted octanol–water partition coefficient (Wildman–Crippen LogP) is 0.598. The number of nitrogens with one attached hydrogen (secondary N) is 1. The standard InChI is InChI=1S/C10H16N4O/c1-14-6-8(10(11)12)9(13-14)7-2-4-15-5-3-7/h6-7H,2-5H2,1H3,(H3,11,12). The van der Waals surface area contributed by atoms with Crippen molar-refractivity contribution < 1.29 is 4.74 Å². The molecule has 0 atom stereocenters. The summed E-state index contributed by atoms with van der Waals surface area (Å²) < 4.78 is 7.03. The summed E-state index contributed by atoms with van der Waals surface area (Å²) in [5.74, 6) is 0.489. The van der Waals surface area contributed by atoms with Gasteiger partial charge in [-0.15, -0.1) is 0 Å². The maximum absolute atomic E-state index is 7.50. The van der Waals surface area contributed by atoms with Crippen LogP contribution in [0.15, 0.2) is 6.20 Å². The van der Waals surface area contributed by atoms with Crippen LogP contribution in [-0.4, -0.2) is 28.8 Å². The van der Waals surface area contributed by atoms with E-state index in [1.165, 1.54) is 0 Å². The largest absolute Gasteiger partial charge is 0.384 e. The lowest BCUT2D eigenvalue weighted by Gasteiger charge is -2.21. The minimum Gasteiger partial charge on any atom is -0.384 e. The average molecular weight is 208 g/mol. The van der Waals surface area contributed by atoms with Crippen molar-refractivity contribution in [1.82, 2.24) is 9.78 Å². The van der Waals surface area contributed by atoms with Gasteiger partial charge in [0.25, 0.3) is 0 Å². The zero-order chi connectivity index (χ0) is 10.8. The van der Waals surface area contributed by atoms with Gasteiger partial charge >= 0.3 is 0 Å². The van der Waals surface area contributed by atoms with Gasteiger partial charge in [-0.3, -0.25) is 10.1 Å². The van der Waals surface area contributed by atoms with Gasteiger partial charge in [-0.2, -0.15) is 5.10 Å². The number of nitrogen functional groups attached to an aromatic ring is 1. The Morgan fingerprint density at radius 2 is 2.27 bits per heavy atom. The number of nitrogens with zero attached hydrogens (tertiary/aromatic N) is 2. The van der Waals surface area contributed by atoms with Gasteiger partial charge in [-0.05, 0) is 12.8 Å². The fourth-order valence-electron chi connectivity index (χ4n) is 1.99. The van der Waals surface area contributed by atoms with Crippen LogP contribution in [0.3, 0.4) is 0 Å². The van der Waals surface area contributed by atoms with Crippen LogP contribution in [0.5, 0.6) is 0 Å². The lowest BCUT2D eigenvalue weighted by molar-refractivity contribution is 0.0843. The average Bonchev–Trinajstić information content (AvgIpc) is 2.62. The first kappa shape index (κ1) is 10.2. The quantitative estimate of drug-likeness (QED) is 0.552. The lowest BCUT2D eigenvalue weighted by Crippen LogP contribution is -2.19. The van der Waals surface area contributed by atoms with Gasteiger partial charge in [-0.25, -0.2) is 0 Å². The van der Waals surface area contributed by atoms with Crippen LogP contribution >= 0.6 is 0 Å².